The Hall–Kier alpha value is -2.34. The first-order valence-electron chi connectivity index (χ1n) is 6.47. The number of anilines is 1. The van der Waals surface area contributed by atoms with Crippen molar-refractivity contribution >= 4 is 45.9 Å². The van der Waals surface area contributed by atoms with Gasteiger partial charge in [-0.05, 0) is 17.5 Å². The minimum Gasteiger partial charge on any atom is -0.293 e. The number of rotatable bonds is 1. The molecular weight excluding hydrogens is 288 g/mol. The molecule has 0 radical (unpaired) electrons. The zero-order valence-electron chi connectivity index (χ0n) is 10.8. The standard InChI is InChI=1S/C15H10N2O3S/c18-11-7-21-15(13(19)16-11)17-10-6-2-4-8-3-1-5-9(12(8)10)14(17)20/h1-6,15H,7H2,(H,16,18,19). The van der Waals surface area contributed by atoms with Crippen molar-refractivity contribution in [2.75, 3.05) is 10.7 Å². The van der Waals surface area contributed by atoms with Gasteiger partial charge < -0.3 is 0 Å². The van der Waals surface area contributed by atoms with Gasteiger partial charge in [0.1, 0.15) is 0 Å². The van der Waals surface area contributed by atoms with Crippen molar-refractivity contribution in [3.63, 3.8) is 0 Å². The van der Waals surface area contributed by atoms with Crippen molar-refractivity contribution < 1.29 is 14.4 Å². The summed E-state index contributed by atoms with van der Waals surface area (Å²) < 4.78 is 0. The van der Waals surface area contributed by atoms with E-state index < -0.39 is 11.3 Å². The van der Waals surface area contributed by atoms with Crippen LogP contribution in [0.15, 0.2) is 36.4 Å². The lowest BCUT2D eigenvalue weighted by molar-refractivity contribution is -0.129. The first kappa shape index (κ1) is 12.4. The molecule has 5 nitrogen and oxygen atoms in total. The largest absolute Gasteiger partial charge is 0.293 e. The van der Waals surface area contributed by atoms with E-state index in [0.717, 1.165) is 16.5 Å². The zero-order valence-corrected chi connectivity index (χ0v) is 11.6. The third-order valence-corrected chi connectivity index (χ3v) is 4.85. The first-order valence-corrected chi connectivity index (χ1v) is 7.52. The highest BCUT2D eigenvalue weighted by Gasteiger charge is 2.40. The van der Waals surface area contributed by atoms with Gasteiger partial charge >= 0.3 is 0 Å². The minimum atomic E-state index is -0.701. The second-order valence-corrected chi connectivity index (χ2v) is 6.00. The van der Waals surface area contributed by atoms with Crippen LogP contribution in [0.1, 0.15) is 10.4 Å². The molecule has 104 valence electrons. The number of amides is 3. The van der Waals surface area contributed by atoms with Crippen molar-refractivity contribution in [2.45, 2.75) is 5.37 Å². The molecule has 1 N–H and O–H groups in total. The lowest BCUT2D eigenvalue weighted by Crippen LogP contribution is -2.52. The average Bonchev–Trinajstić information content (AvgIpc) is 2.75. The number of hydrogen-bond donors (Lipinski definition) is 1. The molecule has 1 saturated heterocycles. The van der Waals surface area contributed by atoms with Gasteiger partial charge in [-0.2, -0.15) is 0 Å². The summed E-state index contributed by atoms with van der Waals surface area (Å²) in [5.74, 6) is -0.770. The lowest BCUT2D eigenvalue weighted by Gasteiger charge is -2.29. The van der Waals surface area contributed by atoms with Gasteiger partial charge in [-0.3, -0.25) is 24.6 Å². The third kappa shape index (κ3) is 1.69. The highest BCUT2D eigenvalue weighted by Crippen LogP contribution is 2.40. The Balaban J connectivity index is 1.86. The molecule has 0 aliphatic carbocycles. The molecule has 4 rings (SSSR count). The molecule has 2 aromatic rings. The first-order chi connectivity index (χ1) is 10.2. The van der Waals surface area contributed by atoms with E-state index in [-0.39, 0.29) is 17.6 Å². The number of imide groups is 1. The average molecular weight is 298 g/mol. The van der Waals surface area contributed by atoms with E-state index in [1.54, 1.807) is 6.07 Å². The van der Waals surface area contributed by atoms with Gasteiger partial charge in [0.25, 0.3) is 11.8 Å². The van der Waals surface area contributed by atoms with Crippen molar-refractivity contribution in [3.05, 3.63) is 42.0 Å². The maximum Gasteiger partial charge on any atom is 0.260 e. The van der Waals surface area contributed by atoms with Crippen molar-refractivity contribution in [3.8, 4) is 0 Å². The lowest BCUT2D eigenvalue weighted by atomic mass is 10.1. The Morgan fingerprint density at radius 2 is 1.86 bits per heavy atom. The Labute approximate surface area is 124 Å². The minimum absolute atomic E-state index is 0.173. The molecule has 0 bridgehead atoms. The van der Waals surface area contributed by atoms with E-state index >= 15 is 0 Å². The summed E-state index contributed by atoms with van der Waals surface area (Å²) in [5, 5.41) is 3.43. The van der Waals surface area contributed by atoms with Crippen molar-refractivity contribution in [1.82, 2.24) is 5.32 Å². The van der Waals surface area contributed by atoms with Crippen LogP contribution >= 0.6 is 11.8 Å². The van der Waals surface area contributed by atoms with Gasteiger partial charge in [0.15, 0.2) is 5.37 Å². The highest BCUT2D eigenvalue weighted by molar-refractivity contribution is 8.01. The van der Waals surface area contributed by atoms with Crippen LogP contribution in [0.5, 0.6) is 0 Å². The number of benzene rings is 2. The van der Waals surface area contributed by atoms with Crippen LogP contribution in [-0.4, -0.2) is 28.8 Å². The van der Waals surface area contributed by atoms with Crippen LogP contribution in [0.4, 0.5) is 5.69 Å². The predicted molar refractivity (Wildman–Crippen MR) is 80.2 cm³/mol. The molecule has 0 aromatic heterocycles. The number of carbonyl (C=O) groups excluding carboxylic acids is 3. The fourth-order valence-corrected chi connectivity index (χ4v) is 3.78. The number of nitrogens with zero attached hydrogens (tertiary/aromatic N) is 1. The fraction of sp³-hybridized carbons (Fsp3) is 0.133. The second-order valence-electron chi connectivity index (χ2n) is 4.93. The van der Waals surface area contributed by atoms with Crippen LogP contribution < -0.4 is 10.2 Å². The summed E-state index contributed by atoms with van der Waals surface area (Å²) >= 11 is 1.18. The Morgan fingerprint density at radius 1 is 1.10 bits per heavy atom. The maximum absolute atomic E-state index is 12.7. The van der Waals surface area contributed by atoms with Crippen LogP contribution in [0, 0.1) is 0 Å². The monoisotopic (exact) mass is 298 g/mol. The molecule has 0 spiro atoms. The van der Waals surface area contributed by atoms with Gasteiger partial charge in [0.05, 0.1) is 11.4 Å². The van der Waals surface area contributed by atoms with Crippen LogP contribution in [0.2, 0.25) is 0 Å². The summed E-state index contributed by atoms with van der Waals surface area (Å²) in [6.45, 7) is 0. The summed E-state index contributed by atoms with van der Waals surface area (Å²) in [6, 6.07) is 11.2. The molecule has 1 atom stereocenters. The summed E-state index contributed by atoms with van der Waals surface area (Å²) in [6.07, 6.45) is 0. The molecule has 3 amide bonds. The second kappa shape index (κ2) is 4.33. The third-order valence-electron chi connectivity index (χ3n) is 3.69. The number of thioether (sulfide) groups is 1. The summed E-state index contributed by atoms with van der Waals surface area (Å²) in [7, 11) is 0. The molecule has 0 saturated carbocycles. The smallest absolute Gasteiger partial charge is 0.260 e. The molecule has 2 aliphatic heterocycles. The predicted octanol–water partition coefficient (Wildman–Crippen LogP) is 1.52. The Bertz CT molecular complexity index is 812. The topological polar surface area (TPSA) is 66.5 Å². The molecule has 6 heteroatoms. The van der Waals surface area contributed by atoms with E-state index in [1.807, 2.05) is 30.3 Å². The summed E-state index contributed by atoms with van der Waals surface area (Å²) in [4.78, 5) is 37.5. The van der Waals surface area contributed by atoms with E-state index in [9.17, 15) is 14.4 Å². The number of nitrogens with one attached hydrogen (secondary N) is 1. The van der Waals surface area contributed by atoms with Crippen molar-refractivity contribution in [2.24, 2.45) is 0 Å². The van der Waals surface area contributed by atoms with E-state index in [1.165, 1.54) is 16.7 Å². The van der Waals surface area contributed by atoms with Crippen LogP contribution in [0.25, 0.3) is 10.8 Å². The number of carbonyl (C=O) groups is 3. The normalized spacial score (nSPS) is 21.0. The molecule has 1 unspecified atom stereocenters. The van der Waals surface area contributed by atoms with Gasteiger partial charge in [0, 0.05) is 10.9 Å². The molecular formula is C15H10N2O3S. The Morgan fingerprint density at radius 3 is 2.62 bits per heavy atom. The van der Waals surface area contributed by atoms with Crippen LogP contribution in [-0.2, 0) is 9.59 Å². The molecule has 21 heavy (non-hydrogen) atoms. The van der Waals surface area contributed by atoms with Gasteiger partial charge in [0.2, 0.25) is 5.91 Å². The molecule has 1 fully saturated rings. The molecule has 2 aromatic carbocycles. The maximum atomic E-state index is 12.7. The Kier molecular flexibility index (Phi) is 2.56. The SMILES string of the molecule is O=C1CSC(N2C(=O)c3cccc4cccc2c34)C(=O)N1. The molecule has 2 aliphatic rings. The van der Waals surface area contributed by atoms with E-state index in [4.69, 9.17) is 0 Å². The van der Waals surface area contributed by atoms with E-state index in [2.05, 4.69) is 5.32 Å². The van der Waals surface area contributed by atoms with Crippen molar-refractivity contribution in [1.29, 1.82) is 0 Å². The van der Waals surface area contributed by atoms with Gasteiger partial charge in [-0.1, -0.05) is 24.3 Å². The summed E-state index contributed by atoms with van der Waals surface area (Å²) in [5.41, 5.74) is 1.34. The highest BCUT2D eigenvalue weighted by atomic mass is 32.2. The zero-order chi connectivity index (χ0) is 14.6. The van der Waals surface area contributed by atoms with Gasteiger partial charge in [-0.15, -0.1) is 11.8 Å². The number of hydrogen-bond acceptors (Lipinski definition) is 4. The molecule has 2 heterocycles. The quantitative estimate of drug-likeness (QED) is 0.811. The van der Waals surface area contributed by atoms with Gasteiger partial charge in [-0.25, -0.2) is 0 Å². The van der Waals surface area contributed by atoms with E-state index in [0.29, 0.717) is 5.56 Å². The van der Waals surface area contributed by atoms with Crippen LogP contribution in [0.3, 0.4) is 0 Å². The fourth-order valence-electron chi connectivity index (χ4n) is 2.83.